The van der Waals surface area contributed by atoms with E-state index in [2.05, 4.69) is 50.7 Å². The second kappa shape index (κ2) is 34.7. The number of anilines is 3. The first-order valence-corrected chi connectivity index (χ1v) is 39.6. The van der Waals surface area contributed by atoms with Crippen LogP contribution in [-0.2, 0) is 79.3 Å². The van der Waals surface area contributed by atoms with E-state index in [1.165, 1.54) is 28.4 Å². The van der Waals surface area contributed by atoms with Crippen LogP contribution in [-0.4, -0.2) is 187 Å². The zero-order valence-corrected chi connectivity index (χ0v) is 64.1. The zero-order chi connectivity index (χ0) is 79.7. The number of carboxylic acid groups (broad SMARTS) is 2. The Morgan fingerprint density at radius 3 is 2.25 bits per heavy atom. The molecule has 592 valence electrons. The molecule has 0 spiro atoms. The number of hydrogen-bond acceptors (Lipinski definition) is 20. The van der Waals surface area contributed by atoms with Gasteiger partial charge >= 0.3 is 24.1 Å². The van der Waals surface area contributed by atoms with Crippen molar-refractivity contribution in [3.8, 4) is 11.1 Å². The highest BCUT2D eigenvalue weighted by molar-refractivity contribution is 7.85. The number of aromatic nitrogens is 4. The fraction of sp³-hybridized carbons (Fsp3) is 0.481. The molecule has 11 N–H and O–H groups in total. The number of nitrogens with two attached hydrogens (primary N) is 1. The van der Waals surface area contributed by atoms with Crippen molar-refractivity contribution in [2.75, 3.05) is 60.6 Å². The molecule has 3 aromatic carbocycles. The number of carbonyl (C=O) groups is 11. The van der Waals surface area contributed by atoms with Crippen molar-refractivity contribution in [3.63, 3.8) is 0 Å². The Hall–Kier alpha value is -10.7. The van der Waals surface area contributed by atoms with Gasteiger partial charge in [0.15, 0.2) is 10.8 Å². The second-order valence-corrected chi connectivity index (χ2v) is 33.0. The normalized spacial score (nSPS) is 20.5. The van der Waals surface area contributed by atoms with Crippen molar-refractivity contribution in [3.05, 3.63) is 131 Å². The molecule has 4 bridgehead atoms. The van der Waals surface area contributed by atoms with Gasteiger partial charge in [-0.1, -0.05) is 81.9 Å². The van der Waals surface area contributed by atoms with Crippen LogP contribution in [0.3, 0.4) is 0 Å². The number of unbranched alkanes of at least 4 members (excludes halogenated alkanes) is 2. The highest BCUT2D eigenvalue weighted by atomic mass is 32.2. The lowest BCUT2D eigenvalue weighted by molar-refractivity contribution is -0.259. The Balaban J connectivity index is 0.706. The third-order valence-electron chi connectivity index (χ3n) is 21.6. The molecular weight excluding hydrogens is 1470 g/mol. The topological polar surface area (TPSA) is 453 Å². The average Bonchev–Trinajstić information content (AvgIpc) is 0.992. The molecule has 0 saturated heterocycles. The van der Waals surface area contributed by atoms with Crippen LogP contribution in [0.15, 0.2) is 97.2 Å². The summed E-state index contributed by atoms with van der Waals surface area (Å²) in [6.07, 6.45) is 8.67. The quantitative estimate of drug-likeness (QED) is 0.0104. The van der Waals surface area contributed by atoms with E-state index in [1.807, 2.05) is 59.0 Å². The molecule has 4 saturated carbocycles. The summed E-state index contributed by atoms with van der Waals surface area (Å²) < 4.78 is 49.7. The molecule has 111 heavy (non-hydrogen) atoms. The summed E-state index contributed by atoms with van der Waals surface area (Å²) in [5.41, 5.74) is 9.80. The number of pyridine rings is 1. The number of thiazole rings is 1. The number of rotatable bonds is 36. The largest absolute Gasteiger partial charge is 0.481 e. The van der Waals surface area contributed by atoms with Gasteiger partial charge in [0, 0.05) is 98.4 Å². The Bertz CT molecular complexity index is 4670. The Morgan fingerprint density at radius 1 is 0.793 bits per heavy atom. The van der Waals surface area contributed by atoms with Crippen LogP contribution in [0.1, 0.15) is 148 Å². The Morgan fingerprint density at radius 2 is 1.55 bits per heavy atom. The number of benzene rings is 3. The summed E-state index contributed by atoms with van der Waals surface area (Å²) in [6.45, 7) is 10.6. The molecular formula is C77H94N14O18S2. The van der Waals surface area contributed by atoms with Crippen molar-refractivity contribution >= 4 is 114 Å². The van der Waals surface area contributed by atoms with Crippen molar-refractivity contribution in [1.82, 2.24) is 50.8 Å². The molecule has 32 nitrogen and oxygen atoms in total. The molecule has 12 rings (SSSR count). The van der Waals surface area contributed by atoms with Gasteiger partial charge in [0.05, 0.1) is 35.0 Å². The molecule has 8 atom stereocenters. The maximum Gasteiger partial charge on any atom is 0.410 e. The van der Waals surface area contributed by atoms with Crippen molar-refractivity contribution in [2.24, 2.45) is 34.3 Å². The van der Waals surface area contributed by atoms with E-state index in [9.17, 15) is 75.9 Å². The van der Waals surface area contributed by atoms with Gasteiger partial charge in [-0.15, -0.1) is 0 Å². The van der Waals surface area contributed by atoms with Crippen LogP contribution in [0.2, 0.25) is 0 Å². The first-order valence-electron chi connectivity index (χ1n) is 37.1. The maximum atomic E-state index is 14.0. The summed E-state index contributed by atoms with van der Waals surface area (Å²) in [5, 5.41) is 41.5. The second-order valence-electron chi connectivity index (χ2n) is 30.5. The molecule has 6 aliphatic rings. The van der Waals surface area contributed by atoms with Gasteiger partial charge in [-0.05, 0) is 153 Å². The number of nitrogens with one attached hydrogen (secondary N) is 6. The minimum absolute atomic E-state index is 0.00474. The van der Waals surface area contributed by atoms with E-state index in [4.69, 9.17) is 25.3 Å². The van der Waals surface area contributed by atoms with Crippen LogP contribution < -0.4 is 42.5 Å². The van der Waals surface area contributed by atoms with Gasteiger partial charge in [-0.2, -0.15) is 13.5 Å². The smallest absolute Gasteiger partial charge is 0.410 e. The van der Waals surface area contributed by atoms with Crippen molar-refractivity contribution in [1.29, 1.82) is 0 Å². The van der Waals surface area contributed by atoms with E-state index in [1.54, 1.807) is 44.3 Å². The number of amides is 10. The number of urea groups is 1. The number of carbonyl (C=O) groups excluding carboxylic acids is 9. The number of aliphatic carboxylic acids is 1. The molecule has 5 heterocycles. The number of nitrogens with zero attached hydrogens (tertiary/aromatic N) is 7. The highest BCUT2D eigenvalue weighted by Gasteiger charge is 2.66. The van der Waals surface area contributed by atoms with Crippen LogP contribution in [0.4, 0.5) is 26.2 Å². The predicted molar refractivity (Wildman–Crippen MR) is 408 cm³/mol. The van der Waals surface area contributed by atoms with Crippen molar-refractivity contribution in [2.45, 2.75) is 162 Å². The molecule has 10 amide bonds. The maximum absolute atomic E-state index is 14.0. The first kappa shape index (κ1) is 81.3. The number of aromatic carboxylic acids is 1. The van der Waals surface area contributed by atoms with E-state index >= 15 is 0 Å². The summed E-state index contributed by atoms with van der Waals surface area (Å²) in [5.74, 6) is -8.29. The molecule has 3 aromatic heterocycles. The Labute approximate surface area is 645 Å². The van der Waals surface area contributed by atoms with Crippen LogP contribution >= 0.6 is 11.3 Å². The lowest BCUT2D eigenvalue weighted by atomic mass is 9.39. The molecule has 6 aromatic rings. The molecule has 5 unspecified atom stereocenters. The van der Waals surface area contributed by atoms with E-state index < -0.39 is 105 Å². The van der Waals surface area contributed by atoms with Gasteiger partial charge < -0.3 is 61.8 Å². The van der Waals surface area contributed by atoms with E-state index in [0.29, 0.717) is 78.0 Å². The minimum Gasteiger partial charge on any atom is -0.481 e. The van der Waals surface area contributed by atoms with Crippen LogP contribution in [0.5, 0.6) is 0 Å². The molecule has 2 aliphatic heterocycles. The summed E-state index contributed by atoms with van der Waals surface area (Å²) in [6, 6.07) is 17.6. The highest BCUT2D eigenvalue weighted by Crippen LogP contribution is 2.70. The molecule has 4 aliphatic carbocycles. The molecule has 4 fully saturated rings. The number of primary amides is 1. The lowest BCUT2D eigenvalue weighted by Gasteiger charge is -2.68. The number of carboxylic acids is 2. The van der Waals surface area contributed by atoms with Crippen molar-refractivity contribution < 1.29 is 85.4 Å². The van der Waals surface area contributed by atoms with Crippen LogP contribution in [0, 0.1) is 35.5 Å². The third kappa shape index (κ3) is 20.1. The Kier molecular flexibility index (Phi) is 25.4. The zero-order valence-electron chi connectivity index (χ0n) is 62.5. The monoisotopic (exact) mass is 1570 g/mol. The number of ether oxygens (including phenoxy) is 2. The minimum atomic E-state index is -4.88. The van der Waals surface area contributed by atoms with Gasteiger partial charge in [0.1, 0.15) is 36.3 Å². The predicted octanol–water partition coefficient (Wildman–Crippen LogP) is 7.35. The summed E-state index contributed by atoms with van der Waals surface area (Å²) >= 11 is 1.39. The van der Waals surface area contributed by atoms with Gasteiger partial charge in [0.2, 0.25) is 23.6 Å². The number of fused-ring (bicyclic) bond motifs is 2. The number of imide groups is 1. The number of para-hydroxylation sites is 1. The van der Waals surface area contributed by atoms with E-state index in [0.717, 1.165) is 76.2 Å². The SMILES string of the molecule is Cc1c(-c2ccc(N3CCc4cccc(C(=O)Nc5nc6ccccc6s5)c4C3)nc2C(=O)O)cnn1CC1C2(C)CC3CC(C)(C2)CC1(OCCN(CCC(=O)O)C(=O)OCc1ccc(NC(=O)[C@H](CCCNC(N)=O)NC(=O)[C@@H](NC(=O)[C@H](CS(=O)(=O)O)NC(=O)CCCCCN2C(=O)C=CC2=O)C(C)C)cc1)C3. The molecule has 34 heteroatoms. The first-order chi connectivity index (χ1) is 52.7. The number of hydrogen-bond donors (Lipinski definition) is 10. The third-order valence-corrected chi connectivity index (χ3v) is 23.4. The molecule has 0 radical (unpaired) electrons. The lowest BCUT2D eigenvalue weighted by Crippen LogP contribution is -2.66. The van der Waals surface area contributed by atoms with Gasteiger partial charge in [-0.3, -0.25) is 57.8 Å². The summed E-state index contributed by atoms with van der Waals surface area (Å²) in [4.78, 5) is 157. The van der Waals surface area contributed by atoms with Gasteiger partial charge in [-0.25, -0.2) is 24.4 Å². The average molecular weight is 1570 g/mol. The van der Waals surface area contributed by atoms with E-state index in [-0.39, 0.29) is 106 Å². The standard InChI is InChI=1S/C77H94N14O18S2/c1-45(2)65(86-69(99)57(42-111(105,106)107)82-61(92)18-7-6-10-30-90-62(93)25-26-63(90)94)70(100)83-56(16-12-29-79-72(78)103)68(98)81-50-21-19-47(20-22-50)41-108-74(104)88(32-28-64(95)96)33-34-109-77-37-48-35-75(4,44-77)43-76(5,36-48)59(77)40-91-46(3)53(38-80-91)51-23-24-60(85-66(51)71(101)102)89-31-27-49-13-11-14-52(54(49)39-89)67(97)87-73-84-55-15-8-9-17-58(55)110-73/h8-9,11,13-15,17,19-26,38,45,48,56-57,59,65H,6-7,10,12,16,18,27-37,39-44H2,1-5H3,(H,81,98)(H,82,92)(H,83,100)(H,86,99)(H,95,96)(H,101,102)(H3,78,79,103)(H,84,87,97)(H,105,106,107)/t48?,56-,57-,59?,65-,75?,76?,77?/m0/s1. The van der Waals surface area contributed by atoms with Crippen LogP contribution in [0.25, 0.3) is 21.3 Å². The summed E-state index contributed by atoms with van der Waals surface area (Å²) in [7, 11) is -4.88. The fourth-order valence-corrected chi connectivity index (χ4v) is 18.5. The van der Waals surface area contributed by atoms with Gasteiger partial charge in [0.25, 0.3) is 27.8 Å². The fourth-order valence-electron chi connectivity index (χ4n) is 16.9.